The van der Waals surface area contributed by atoms with Crippen LogP contribution in [0.2, 0.25) is 0 Å². The predicted octanol–water partition coefficient (Wildman–Crippen LogP) is 1.89. The molecule has 0 bridgehead atoms. The number of H-pyrrole nitrogens is 1. The summed E-state index contributed by atoms with van der Waals surface area (Å²) in [5.41, 5.74) is -0.548. The van der Waals surface area contributed by atoms with Gasteiger partial charge in [0.15, 0.2) is 5.16 Å². The zero-order valence-corrected chi connectivity index (χ0v) is 13.5. The molecule has 7 heteroatoms. The lowest BCUT2D eigenvalue weighted by atomic mass is 9.92. The van der Waals surface area contributed by atoms with E-state index in [2.05, 4.69) is 28.5 Å². The third-order valence-electron chi connectivity index (χ3n) is 3.89. The Morgan fingerprint density at radius 3 is 2.90 bits per heavy atom. The molecular weight excluding hydrogens is 286 g/mol. The molecule has 21 heavy (non-hydrogen) atoms. The molecule has 116 valence electrons. The molecule has 0 saturated heterocycles. The van der Waals surface area contributed by atoms with Crippen LogP contribution in [0.4, 0.5) is 0 Å². The molecule has 2 rings (SSSR count). The second-order valence-corrected chi connectivity index (χ2v) is 6.54. The van der Waals surface area contributed by atoms with Crippen LogP contribution >= 0.6 is 11.8 Å². The van der Waals surface area contributed by atoms with E-state index in [-0.39, 0.29) is 5.69 Å². The van der Waals surface area contributed by atoms with Crippen LogP contribution in [-0.2, 0) is 6.54 Å². The summed E-state index contributed by atoms with van der Waals surface area (Å²) in [6, 6.07) is 3.00. The maximum atomic E-state index is 11.5. The highest BCUT2D eigenvalue weighted by molar-refractivity contribution is 7.99. The first kappa shape index (κ1) is 16.1. The lowest BCUT2D eigenvalue weighted by molar-refractivity contribution is 0.367. The molecule has 6 nitrogen and oxygen atoms in total. The third-order valence-corrected chi connectivity index (χ3v) is 4.96. The monoisotopic (exact) mass is 309 g/mol. The largest absolute Gasteiger partial charge is 0.343 e. The topological polar surface area (TPSA) is 86.5 Å². The van der Waals surface area contributed by atoms with Gasteiger partial charge in [-0.1, -0.05) is 18.7 Å². The quantitative estimate of drug-likeness (QED) is 0.537. The van der Waals surface area contributed by atoms with Gasteiger partial charge in [0.2, 0.25) is 0 Å². The minimum absolute atomic E-state index is 0.157. The zero-order chi connectivity index (χ0) is 15.3. The molecule has 0 aromatic carbocycles. The second kappa shape index (κ2) is 7.14. The summed E-state index contributed by atoms with van der Waals surface area (Å²) in [6.07, 6.45) is 4.97. The van der Waals surface area contributed by atoms with Gasteiger partial charge in [-0.25, -0.2) is 9.89 Å². The molecular formula is C14H23N5OS. The second-order valence-electron chi connectivity index (χ2n) is 5.47. The van der Waals surface area contributed by atoms with E-state index < -0.39 is 5.54 Å². The van der Waals surface area contributed by atoms with E-state index in [0.717, 1.165) is 30.2 Å². The van der Waals surface area contributed by atoms with E-state index in [1.807, 2.05) is 6.92 Å². The van der Waals surface area contributed by atoms with Gasteiger partial charge in [0, 0.05) is 18.3 Å². The molecule has 1 atom stereocenters. The minimum atomic E-state index is -0.391. The first-order valence-corrected chi connectivity index (χ1v) is 8.59. The fraction of sp³-hybridized carbons (Fsp3) is 0.786. The highest BCUT2D eigenvalue weighted by atomic mass is 32.2. The summed E-state index contributed by atoms with van der Waals surface area (Å²) < 4.78 is 1.63. The van der Waals surface area contributed by atoms with Gasteiger partial charge in [-0.15, -0.1) is 5.10 Å². The summed E-state index contributed by atoms with van der Waals surface area (Å²) in [6.45, 7) is 4.62. The van der Waals surface area contributed by atoms with Gasteiger partial charge in [-0.3, -0.25) is 9.88 Å². The van der Waals surface area contributed by atoms with Crippen molar-refractivity contribution in [3.63, 3.8) is 0 Å². The maximum absolute atomic E-state index is 11.5. The Labute approximate surface area is 129 Å². The number of nitrogens with one attached hydrogen (secondary N) is 2. The van der Waals surface area contributed by atoms with Crippen molar-refractivity contribution in [3.05, 3.63) is 10.5 Å². The van der Waals surface area contributed by atoms with Crippen LogP contribution in [0.15, 0.2) is 9.95 Å². The summed E-state index contributed by atoms with van der Waals surface area (Å²) in [5.74, 6) is 0.861. The predicted molar refractivity (Wildman–Crippen MR) is 83.3 cm³/mol. The molecule has 0 amide bonds. The van der Waals surface area contributed by atoms with Gasteiger partial charge in [-0.05, 0) is 39.0 Å². The molecule has 0 spiro atoms. The molecule has 1 aromatic heterocycles. The third kappa shape index (κ3) is 4.11. The summed E-state index contributed by atoms with van der Waals surface area (Å²) in [4.78, 5) is 11.5. The summed E-state index contributed by atoms with van der Waals surface area (Å²) in [5, 5.41) is 20.2. The van der Waals surface area contributed by atoms with E-state index >= 15 is 0 Å². The number of hydrogen-bond donors (Lipinski definition) is 2. The minimum Gasteiger partial charge on any atom is -0.297 e. The summed E-state index contributed by atoms with van der Waals surface area (Å²) >= 11 is 1.57. The van der Waals surface area contributed by atoms with Crippen molar-refractivity contribution in [2.24, 2.45) is 0 Å². The van der Waals surface area contributed by atoms with E-state index in [0.29, 0.717) is 12.6 Å². The Morgan fingerprint density at radius 2 is 2.33 bits per heavy atom. The zero-order valence-electron chi connectivity index (χ0n) is 12.7. The van der Waals surface area contributed by atoms with E-state index in [4.69, 9.17) is 0 Å². The van der Waals surface area contributed by atoms with Crippen molar-refractivity contribution in [3.8, 4) is 6.07 Å². The molecule has 1 saturated carbocycles. The smallest absolute Gasteiger partial charge is 0.297 e. The van der Waals surface area contributed by atoms with E-state index in [1.54, 1.807) is 16.3 Å². The fourth-order valence-electron chi connectivity index (χ4n) is 2.37. The van der Waals surface area contributed by atoms with Crippen LogP contribution in [0.3, 0.4) is 0 Å². The van der Waals surface area contributed by atoms with Crippen molar-refractivity contribution in [1.82, 2.24) is 20.1 Å². The van der Waals surface area contributed by atoms with Crippen LogP contribution < -0.4 is 11.0 Å². The molecule has 1 heterocycles. The van der Waals surface area contributed by atoms with Gasteiger partial charge >= 0.3 is 5.69 Å². The molecule has 2 N–H and O–H groups in total. The van der Waals surface area contributed by atoms with Crippen LogP contribution in [0.25, 0.3) is 0 Å². The van der Waals surface area contributed by atoms with Gasteiger partial charge in [0.05, 0.1) is 6.07 Å². The SMILES string of the molecule is CCn1c(SCCCC(C#N)(CC)NC2CC2)n[nH]c1=O. The maximum Gasteiger partial charge on any atom is 0.343 e. The Hall–Kier alpha value is -1.26. The number of aromatic amines is 1. The van der Waals surface area contributed by atoms with Gasteiger partial charge < -0.3 is 0 Å². The molecule has 0 radical (unpaired) electrons. The Kier molecular flexibility index (Phi) is 5.48. The Balaban J connectivity index is 1.82. The Morgan fingerprint density at radius 1 is 1.57 bits per heavy atom. The average molecular weight is 309 g/mol. The lowest BCUT2D eigenvalue weighted by Gasteiger charge is -2.26. The van der Waals surface area contributed by atoms with Crippen molar-refractivity contribution in [1.29, 1.82) is 5.26 Å². The molecule has 1 aromatic rings. The number of rotatable bonds is 9. The van der Waals surface area contributed by atoms with Gasteiger partial charge in [0.25, 0.3) is 0 Å². The molecule has 0 aliphatic heterocycles. The number of thioether (sulfide) groups is 1. The normalized spacial score (nSPS) is 17.4. The van der Waals surface area contributed by atoms with Crippen LogP contribution in [0.5, 0.6) is 0 Å². The van der Waals surface area contributed by atoms with Crippen LogP contribution in [0.1, 0.15) is 46.0 Å². The van der Waals surface area contributed by atoms with Crippen LogP contribution in [-0.4, -0.2) is 32.1 Å². The van der Waals surface area contributed by atoms with Crippen molar-refractivity contribution in [2.75, 3.05) is 5.75 Å². The van der Waals surface area contributed by atoms with Gasteiger partial charge in [-0.2, -0.15) is 5.26 Å². The molecule has 1 fully saturated rings. The molecule has 1 aliphatic rings. The highest BCUT2D eigenvalue weighted by Crippen LogP contribution is 2.27. The average Bonchev–Trinajstić information content (AvgIpc) is 3.24. The summed E-state index contributed by atoms with van der Waals surface area (Å²) in [7, 11) is 0. The standard InChI is InChI=1S/C14H23N5OS/c1-3-14(10-15,16-11-6-7-11)8-5-9-21-13-18-17-12(20)19(13)4-2/h11,16H,3-9H2,1-2H3,(H,17,20). The number of aromatic nitrogens is 3. The number of nitrogens with zero attached hydrogens (tertiary/aromatic N) is 3. The van der Waals surface area contributed by atoms with Crippen molar-refractivity contribution >= 4 is 11.8 Å². The van der Waals surface area contributed by atoms with E-state index in [9.17, 15) is 10.1 Å². The van der Waals surface area contributed by atoms with Gasteiger partial charge in [0.1, 0.15) is 5.54 Å². The Bertz CT molecular complexity index is 556. The van der Waals surface area contributed by atoms with Crippen LogP contribution in [0, 0.1) is 11.3 Å². The number of hydrogen-bond acceptors (Lipinski definition) is 5. The van der Waals surface area contributed by atoms with E-state index in [1.165, 1.54) is 12.8 Å². The first-order chi connectivity index (χ1) is 10.1. The molecule has 1 unspecified atom stereocenters. The van der Waals surface area contributed by atoms with Crippen molar-refractivity contribution < 1.29 is 0 Å². The highest BCUT2D eigenvalue weighted by Gasteiger charge is 2.34. The fourth-order valence-corrected chi connectivity index (χ4v) is 3.32. The number of nitriles is 1. The lowest BCUT2D eigenvalue weighted by Crippen LogP contribution is -2.44. The van der Waals surface area contributed by atoms with Crippen molar-refractivity contribution in [2.45, 2.75) is 69.2 Å². The first-order valence-electron chi connectivity index (χ1n) is 7.61. The molecule has 1 aliphatic carbocycles.